The van der Waals surface area contributed by atoms with Crippen LogP contribution in [0.15, 0.2) is 29.4 Å². The van der Waals surface area contributed by atoms with Crippen molar-refractivity contribution in [2.45, 2.75) is 44.7 Å². The van der Waals surface area contributed by atoms with Gasteiger partial charge in [-0.25, -0.2) is 0 Å². The van der Waals surface area contributed by atoms with E-state index in [0.717, 1.165) is 18.5 Å². The molecule has 6 nitrogen and oxygen atoms in total. The number of guanidine groups is 1. The number of aromatic nitrogens is 1. The van der Waals surface area contributed by atoms with E-state index in [9.17, 15) is 4.79 Å². The number of pyridine rings is 1. The molecule has 2 rings (SSSR count). The Morgan fingerprint density at radius 3 is 2.74 bits per heavy atom. The number of carbonyl (C=O) groups is 1. The van der Waals surface area contributed by atoms with Crippen molar-refractivity contribution in [2.24, 2.45) is 4.99 Å². The highest BCUT2D eigenvalue weighted by Gasteiger charge is 2.16. The van der Waals surface area contributed by atoms with Gasteiger partial charge >= 0.3 is 0 Å². The molecule has 1 amide bonds. The molecule has 23 heavy (non-hydrogen) atoms. The predicted octanol–water partition coefficient (Wildman–Crippen LogP) is 1.81. The number of hydrogen-bond acceptors (Lipinski definition) is 3. The van der Waals surface area contributed by atoms with Crippen LogP contribution < -0.4 is 16.0 Å². The Hall–Kier alpha value is -1.38. The SMILES string of the molecule is CN=C(NCCC(=O)NC1CCCC1)NCc1ccccn1.I. The van der Waals surface area contributed by atoms with E-state index in [4.69, 9.17) is 0 Å². The van der Waals surface area contributed by atoms with E-state index in [0.29, 0.717) is 31.5 Å². The Kier molecular flexibility index (Phi) is 9.58. The summed E-state index contributed by atoms with van der Waals surface area (Å²) in [5, 5.41) is 9.40. The van der Waals surface area contributed by atoms with Crippen molar-refractivity contribution in [3.05, 3.63) is 30.1 Å². The molecule has 0 saturated heterocycles. The van der Waals surface area contributed by atoms with Crippen molar-refractivity contribution < 1.29 is 4.79 Å². The molecule has 7 heteroatoms. The zero-order chi connectivity index (χ0) is 15.6. The molecule has 128 valence electrons. The molecular weight excluding hydrogens is 405 g/mol. The van der Waals surface area contributed by atoms with E-state index in [1.807, 2.05) is 18.2 Å². The Bertz CT molecular complexity index is 489. The Morgan fingerprint density at radius 2 is 2.09 bits per heavy atom. The van der Waals surface area contributed by atoms with Crippen LogP contribution in [0.1, 0.15) is 37.8 Å². The Balaban J connectivity index is 0.00000264. The number of nitrogens with one attached hydrogen (secondary N) is 3. The van der Waals surface area contributed by atoms with Crippen LogP contribution in [-0.4, -0.2) is 36.5 Å². The van der Waals surface area contributed by atoms with E-state index >= 15 is 0 Å². The molecule has 1 aromatic rings. The fraction of sp³-hybridized carbons (Fsp3) is 0.562. The minimum absolute atomic E-state index is 0. The van der Waals surface area contributed by atoms with Gasteiger partial charge in [0.25, 0.3) is 0 Å². The maximum absolute atomic E-state index is 11.8. The fourth-order valence-electron chi connectivity index (χ4n) is 2.56. The summed E-state index contributed by atoms with van der Waals surface area (Å²) in [6.45, 7) is 1.18. The van der Waals surface area contributed by atoms with Crippen LogP contribution in [0.3, 0.4) is 0 Å². The van der Waals surface area contributed by atoms with Crippen molar-refractivity contribution in [1.82, 2.24) is 20.9 Å². The van der Waals surface area contributed by atoms with Gasteiger partial charge in [-0.15, -0.1) is 24.0 Å². The molecule has 0 aromatic carbocycles. The first kappa shape index (κ1) is 19.7. The number of aliphatic imine (C=N–C) groups is 1. The molecular formula is C16H26IN5O. The molecule has 1 fully saturated rings. The van der Waals surface area contributed by atoms with Crippen LogP contribution in [0, 0.1) is 0 Å². The first-order valence-corrected chi connectivity index (χ1v) is 7.91. The predicted molar refractivity (Wildman–Crippen MR) is 103 cm³/mol. The highest BCUT2D eigenvalue weighted by molar-refractivity contribution is 14.0. The van der Waals surface area contributed by atoms with Gasteiger partial charge in [0.15, 0.2) is 5.96 Å². The molecule has 1 aliphatic carbocycles. The summed E-state index contributed by atoms with van der Waals surface area (Å²) in [5.74, 6) is 0.791. The molecule has 1 heterocycles. The smallest absolute Gasteiger partial charge is 0.221 e. The number of halogens is 1. The number of carbonyl (C=O) groups excluding carboxylic acids is 1. The highest BCUT2D eigenvalue weighted by Crippen LogP contribution is 2.17. The van der Waals surface area contributed by atoms with Crippen molar-refractivity contribution in [3.63, 3.8) is 0 Å². The van der Waals surface area contributed by atoms with Gasteiger partial charge < -0.3 is 16.0 Å². The molecule has 1 aliphatic rings. The van der Waals surface area contributed by atoms with Gasteiger partial charge in [-0.3, -0.25) is 14.8 Å². The summed E-state index contributed by atoms with van der Waals surface area (Å²) in [6, 6.07) is 6.18. The lowest BCUT2D eigenvalue weighted by atomic mass is 10.2. The molecule has 0 unspecified atom stereocenters. The highest BCUT2D eigenvalue weighted by atomic mass is 127. The molecule has 0 spiro atoms. The van der Waals surface area contributed by atoms with Gasteiger partial charge in [0.05, 0.1) is 12.2 Å². The van der Waals surface area contributed by atoms with Crippen LogP contribution in [0.5, 0.6) is 0 Å². The lowest BCUT2D eigenvalue weighted by Gasteiger charge is -2.14. The summed E-state index contributed by atoms with van der Waals surface area (Å²) < 4.78 is 0. The third-order valence-electron chi connectivity index (χ3n) is 3.75. The molecule has 1 saturated carbocycles. The number of nitrogens with zero attached hydrogens (tertiary/aromatic N) is 2. The quantitative estimate of drug-likeness (QED) is 0.365. The van der Waals surface area contributed by atoms with Crippen LogP contribution in [0.25, 0.3) is 0 Å². The van der Waals surface area contributed by atoms with Gasteiger partial charge in [0.1, 0.15) is 0 Å². The van der Waals surface area contributed by atoms with Gasteiger partial charge in [-0.2, -0.15) is 0 Å². The summed E-state index contributed by atoms with van der Waals surface area (Å²) in [6.07, 6.45) is 6.92. The van der Waals surface area contributed by atoms with Crippen LogP contribution in [-0.2, 0) is 11.3 Å². The molecule has 3 N–H and O–H groups in total. The molecule has 0 radical (unpaired) electrons. The maximum atomic E-state index is 11.8. The summed E-state index contributed by atoms with van der Waals surface area (Å²) in [4.78, 5) is 20.2. The number of amides is 1. The van der Waals surface area contributed by atoms with Crippen molar-refractivity contribution in [1.29, 1.82) is 0 Å². The van der Waals surface area contributed by atoms with Crippen LogP contribution in [0.4, 0.5) is 0 Å². The Labute approximate surface area is 155 Å². The van der Waals surface area contributed by atoms with Gasteiger partial charge in [-0.05, 0) is 25.0 Å². The van der Waals surface area contributed by atoms with Gasteiger partial charge in [-0.1, -0.05) is 18.9 Å². The second-order valence-corrected chi connectivity index (χ2v) is 5.47. The summed E-state index contributed by atoms with van der Waals surface area (Å²) in [7, 11) is 1.71. The van der Waals surface area contributed by atoms with Crippen molar-refractivity contribution in [3.8, 4) is 0 Å². The first-order chi connectivity index (χ1) is 10.8. The normalized spacial score (nSPS) is 14.9. The topological polar surface area (TPSA) is 78.4 Å². The lowest BCUT2D eigenvalue weighted by molar-refractivity contribution is -0.121. The van der Waals surface area contributed by atoms with Crippen molar-refractivity contribution >= 4 is 35.8 Å². The zero-order valence-electron chi connectivity index (χ0n) is 13.5. The Morgan fingerprint density at radius 1 is 1.30 bits per heavy atom. The van der Waals surface area contributed by atoms with E-state index < -0.39 is 0 Å². The minimum atomic E-state index is 0. The molecule has 0 bridgehead atoms. The molecule has 0 atom stereocenters. The summed E-state index contributed by atoms with van der Waals surface area (Å²) in [5.41, 5.74) is 0.949. The molecule has 0 aliphatic heterocycles. The lowest BCUT2D eigenvalue weighted by Crippen LogP contribution is -2.40. The number of hydrogen-bond donors (Lipinski definition) is 3. The average molecular weight is 431 g/mol. The third kappa shape index (κ3) is 7.62. The van der Waals surface area contributed by atoms with Crippen LogP contribution in [0.2, 0.25) is 0 Å². The van der Waals surface area contributed by atoms with Crippen molar-refractivity contribution in [2.75, 3.05) is 13.6 Å². The molecule has 1 aromatic heterocycles. The monoisotopic (exact) mass is 431 g/mol. The third-order valence-corrected chi connectivity index (χ3v) is 3.75. The maximum Gasteiger partial charge on any atom is 0.221 e. The fourth-order valence-corrected chi connectivity index (χ4v) is 2.56. The second-order valence-electron chi connectivity index (χ2n) is 5.47. The zero-order valence-corrected chi connectivity index (χ0v) is 15.9. The van der Waals surface area contributed by atoms with Crippen LogP contribution >= 0.6 is 24.0 Å². The van der Waals surface area contributed by atoms with E-state index in [-0.39, 0.29) is 29.9 Å². The van der Waals surface area contributed by atoms with Gasteiger partial charge in [0.2, 0.25) is 5.91 Å². The largest absolute Gasteiger partial charge is 0.356 e. The summed E-state index contributed by atoms with van der Waals surface area (Å²) >= 11 is 0. The number of rotatable bonds is 6. The van der Waals surface area contributed by atoms with E-state index in [1.54, 1.807) is 13.2 Å². The minimum Gasteiger partial charge on any atom is -0.356 e. The second kappa shape index (κ2) is 11.2. The van der Waals surface area contributed by atoms with E-state index in [2.05, 4.69) is 25.9 Å². The first-order valence-electron chi connectivity index (χ1n) is 7.91. The van der Waals surface area contributed by atoms with Gasteiger partial charge in [0, 0.05) is 32.3 Å². The van der Waals surface area contributed by atoms with E-state index in [1.165, 1.54) is 12.8 Å². The average Bonchev–Trinajstić information content (AvgIpc) is 3.04. The standard InChI is InChI=1S/C16H25N5O.HI/c1-17-16(20-12-14-8-4-5-10-18-14)19-11-9-15(22)21-13-6-2-3-7-13;/h4-5,8,10,13H,2-3,6-7,9,11-12H2,1H3,(H,21,22)(H2,17,19,20);1H.